The molecule has 2 atom stereocenters. The summed E-state index contributed by atoms with van der Waals surface area (Å²) in [5.41, 5.74) is 3.63. The lowest BCUT2D eigenvalue weighted by molar-refractivity contribution is -0.149. The average molecular weight is 765 g/mol. The molecule has 4 amide bonds. The molecule has 4 aromatic rings. The lowest BCUT2D eigenvalue weighted by Crippen LogP contribution is -2.48. The molecule has 55 heavy (non-hydrogen) atoms. The number of alkyl carbamates (subject to hydrolysis) is 1. The molecule has 1 heterocycles. The number of benzene rings is 3. The SMILES string of the molecule is Cc1cc(C(=O)N[C@@H](C)C(F)(F)F)ccc1-c1ccc(C[C@H](NC(=O)C2CCC(CNC(=O)OC(C)(C)C)CC2)C(=O)Nc2ccc3[nH]c(=O)[nH]c3c2)cc1. The minimum atomic E-state index is -4.56. The van der Waals surface area contributed by atoms with Crippen LogP contribution in [-0.4, -0.2) is 64.2 Å². The average Bonchev–Trinajstić information content (AvgIpc) is 3.49. The minimum Gasteiger partial charge on any atom is -0.444 e. The highest BCUT2D eigenvalue weighted by Crippen LogP contribution is 2.30. The summed E-state index contributed by atoms with van der Waals surface area (Å²) in [6, 6.07) is 14.0. The van der Waals surface area contributed by atoms with Gasteiger partial charge in [-0.1, -0.05) is 30.3 Å². The van der Waals surface area contributed by atoms with Gasteiger partial charge in [0.25, 0.3) is 5.91 Å². The molecule has 3 aromatic carbocycles. The number of aromatic nitrogens is 2. The third kappa shape index (κ3) is 11.2. The molecule has 294 valence electrons. The fourth-order valence-electron chi connectivity index (χ4n) is 6.56. The van der Waals surface area contributed by atoms with Crippen LogP contribution in [0.25, 0.3) is 22.2 Å². The van der Waals surface area contributed by atoms with Gasteiger partial charge >= 0.3 is 18.0 Å². The van der Waals surface area contributed by atoms with Crippen LogP contribution in [0.4, 0.5) is 23.7 Å². The zero-order valence-electron chi connectivity index (χ0n) is 31.4. The molecule has 12 nitrogen and oxygen atoms in total. The van der Waals surface area contributed by atoms with Gasteiger partial charge in [-0.3, -0.25) is 14.4 Å². The molecule has 0 aliphatic heterocycles. The van der Waals surface area contributed by atoms with Gasteiger partial charge in [-0.2, -0.15) is 13.2 Å². The fourth-order valence-corrected chi connectivity index (χ4v) is 6.56. The summed E-state index contributed by atoms with van der Waals surface area (Å²) >= 11 is 0. The number of fused-ring (bicyclic) bond motifs is 1. The van der Waals surface area contributed by atoms with E-state index in [4.69, 9.17) is 4.74 Å². The summed E-state index contributed by atoms with van der Waals surface area (Å²) in [4.78, 5) is 69.0. The number of ether oxygens (including phenoxy) is 1. The highest BCUT2D eigenvalue weighted by molar-refractivity contribution is 5.99. The van der Waals surface area contributed by atoms with Crippen LogP contribution in [0.2, 0.25) is 0 Å². The predicted molar refractivity (Wildman–Crippen MR) is 202 cm³/mol. The molecule has 1 saturated carbocycles. The number of carbonyl (C=O) groups excluding carboxylic acids is 4. The van der Waals surface area contributed by atoms with Gasteiger partial charge in [-0.15, -0.1) is 0 Å². The Morgan fingerprint density at radius 1 is 0.873 bits per heavy atom. The second-order valence-corrected chi connectivity index (χ2v) is 15.2. The predicted octanol–water partition coefficient (Wildman–Crippen LogP) is 6.51. The summed E-state index contributed by atoms with van der Waals surface area (Å²) in [7, 11) is 0. The highest BCUT2D eigenvalue weighted by atomic mass is 19.4. The molecule has 1 aliphatic rings. The van der Waals surface area contributed by atoms with E-state index in [0.717, 1.165) is 36.5 Å². The number of H-pyrrole nitrogens is 2. The Morgan fingerprint density at radius 3 is 2.18 bits per heavy atom. The quantitative estimate of drug-likeness (QED) is 0.102. The van der Waals surface area contributed by atoms with Crippen LogP contribution < -0.4 is 27.0 Å². The van der Waals surface area contributed by atoms with Crippen LogP contribution in [0.15, 0.2) is 65.5 Å². The van der Waals surface area contributed by atoms with E-state index in [-0.39, 0.29) is 35.4 Å². The van der Waals surface area contributed by atoms with Crippen molar-refractivity contribution < 1.29 is 37.1 Å². The second kappa shape index (κ2) is 16.8. The lowest BCUT2D eigenvalue weighted by atomic mass is 9.81. The van der Waals surface area contributed by atoms with Crippen molar-refractivity contribution in [3.63, 3.8) is 0 Å². The Bertz CT molecular complexity index is 2080. The fraction of sp³-hybridized carbons (Fsp3) is 0.425. The Hall–Kier alpha value is -5.60. The standard InChI is InChI=1S/C40H47F3N6O6/c1-22-18-28(35(51)45-23(2)40(41,42)43)14-16-30(22)26-10-6-24(7-11-26)19-33(36(52)46-29-15-17-31-32(20-29)49-37(53)48-31)47-34(50)27-12-8-25(9-13-27)21-44-38(54)55-39(3,4)5/h6-7,10-11,14-18,20,23,25,27,33H,8-9,12-13,19,21H2,1-5H3,(H,44,54)(H,45,51)(H,46,52)(H,47,50)(H2,48,49,53)/t23-,25?,27?,33-/m0/s1. The van der Waals surface area contributed by atoms with Gasteiger partial charge in [0.2, 0.25) is 11.8 Å². The molecule has 1 aliphatic carbocycles. The molecule has 15 heteroatoms. The first-order valence-electron chi connectivity index (χ1n) is 18.2. The molecule has 0 spiro atoms. The Morgan fingerprint density at radius 2 is 1.55 bits per heavy atom. The van der Waals surface area contributed by atoms with Gasteiger partial charge in [-0.25, -0.2) is 9.59 Å². The number of carbonyl (C=O) groups is 4. The van der Waals surface area contributed by atoms with E-state index in [1.54, 1.807) is 52.0 Å². The number of nitrogens with one attached hydrogen (secondary N) is 6. The number of imidazole rings is 1. The summed E-state index contributed by atoms with van der Waals surface area (Å²) in [6.45, 7) is 8.47. The number of hydrogen-bond donors (Lipinski definition) is 6. The number of aromatic amines is 2. The van der Waals surface area contributed by atoms with E-state index in [1.165, 1.54) is 12.1 Å². The Labute approximate surface area is 316 Å². The van der Waals surface area contributed by atoms with Crippen LogP contribution in [0.1, 0.15) is 74.9 Å². The maximum absolute atomic E-state index is 13.8. The van der Waals surface area contributed by atoms with E-state index in [2.05, 4.69) is 25.9 Å². The number of rotatable bonds is 11. The smallest absolute Gasteiger partial charge is 0.408 e. The number of halogens is 3. The number of amides is 4. The number of anilines is 1. The molecule has 1 fully saturated rings. The van der Waals surface area contributed by atoms with Gasteiger partial charge < -0.3 is 36.0 Å². The van der Waals surface area contributed by atoms with E-state index in [0.29, 0.717) is 41.7 Å². The summed E-state index contributed by atoms with van der Waals surface area (Å²) in [5.74, 6) is -1.65. The monoisotopic (exact) mass is 764 g/mol. The summed E-state index contributed by atoms with van der Waals surface area (Å²) in [5, 5.41) is 10.6. The molecule has 0 radical (unpaired) electrons. The zero-order valence-corrected chi connectivity index (χ0v) is 31.4. The number of aryl methyl sites for hydroxylation is 1. The Kier molecular flexibility index (Phi) is 12.4. The molecule has 0 saturated heterocycles. The van der Waals surface area contributed by atoms with Crippen LogP contribution in [0.5, 0.6) is 0 Å². The van der Waals surface area contributed by atoms with E-state index < -0.39 is 41.8 Å². The van der Waals surface area contributed by atoms with Crippen LogP contribution >= 0.6 is 0 Å². The second-order valence-electron chi connectivity index (χ2n) is 15.2. The molecular formula is C40H47F3N6O6. The van der Waals surface area contributed by atoms with Gasteiger partial charge in [0.1, 0.15) is 17.7 Å². The third-order valence-corrected chi connectivity index (χ3v) is 9.60. The van der Waals surface area contributed by atoms with Crippen LogP contribution in [0.3, 0.4) is 0 Å². The van der Waals surface area contributed by atoms with E-state index in [1.807, 2.05) is 29.6 Å². The van der Waals surface area contributed by atoms with Gasteiger partial charge in [-0.05, 0) is 119 Å². The number of hydrogen-bond acceptors (Lipinski definition) is 6. The maximum atomic E-state index is 13.8. The van der Waals surface area contributed by atoms with Crippen molar-refractivity contribution in [3.8, 4) is 11.1 Å². The minimum absolute atomic E-state index is 0.103. The third-order valence-electron chi connectivity index (χ3n) is 9.60. The van der Waals surface area contributed by atoms with Crippen molar-refractivity contribution in [1.82, 2.24) is 25.9 Å². The Balaban J connectivity index is 1.26. The first kappa shape index (κ1) is 40.6. The molecule has 0 unspecified atom stereocenters. The van der Waals surface area contributed by atoms with Crippen molar-refractivity contribution >= 4 is 40.5 Å². The largest absolute Gasteiger partial charge is 0.444 e. The normalized spacial score (nSPS) is 17.2. The highest BCUT2D eigenvalue weighted by Gasteiger charge is 2.37. The number of alkyl halides is 3. The molecule has 6 N–H and O–H groups in total. The first-order chi connectivity index (χ1) is 25.8. The van der Waals surface area contributed by atoms with Crippen LogP contribution in [0, 0.1) is 18.8 Å². The van der Waals surface area contributed by atoms with Crippen molar-refractivity contribution in [3.05, 3.63) is 87.8 Å². The lowest BCUT2D eigenvalue weighted by Gasteiger charge is -2.29. The molecule has 5 rings (SSSR count). The van der Waals surface area contributed by atoms with Gasteiger partial charge in [0.05, 0.1) is 11.0 Å². The van der Waals surface area contributed by atoms with Crippen molar-refractivity contribution in [2.45, 2.75) is 90.6 Å². The van der Waals surface area contributed by atoms with Gasteiger partial charge in [0, 0.05) is 30.1 Å². The van der Waals surface area contributed by atoms with E-state index >= 15 is 0 Å². The van der Waals surface area contributed by atoms with Crippen LogP contribution in [-0.2, 0) is 20.7 Å². The molecule has 1 aromatic heterocycles. The molecular weight excluding hydrogens is 717 g/mol. The summed E-state index contributed by atoms with van der Waals surface area (Å²) in [6.07, 6.45) is -2.26. The van der Waals surface area contributed by atoms with Crippen molar-refractivity contribution in [2.75, 3.05) is 11.9 Å². The first-order valence-corrected chi connectivity index (χ1v) is 18.2. The maximum Gasteiger partial charge on any atom is 0.408 e. The van der Waals surface area contributed by atoms with Gasteiger partial charge in [0.15, 0.2) is 0 Å². The van der Waals surface area contributed by atoms with E-state index in [9.17, 15) is 37.1 Å². The molecule has 0 bridgehead atoms. The van der Waals surface area contributed by atoms with Crippen molar-refractivity contribution in [1.29, 1.82) is 0 Å². The topological polar surface area (TPSA) is 174 Å². The zero-order chi connectivity index (χ0) is 40.1. The van der Waals surface area contributed by atoms with Crippen molar-refractivity contribution in [2.24, 2.45) is 11.8 Å². The summed E-state index contributed by atoms with van der Waals surface area (Å²) < 4.78 is 44.2.